The molecule has 0 radical (unpaired) electrons. The number of carboxylic acid groups (broad SMARTS) is 1. The van der Waals surface area contributed by atoms with E-state index in [9.17, 15) is 9.90 Å². The number of aromatic nitrogens is 4. The largest absolute Gasteiger partial charge is 0.481 e. The molecule has 1 N–H and O–H groups in total. The molecule has 122 valence electrons. The van der Waals surface area contributed by atoms with E-state index >= 15 is 0 Å². The minimum absolute atomic E-state index is 0.0345. The highest BCUT2D eigenvalue weighted by Crippen LogP contribution is 2.31. The Morgan fingerprint density at radius 1 is 1.17 bits per heavy atom. The third kappa shape index (κ3) is 3.03. The van der Waals surface area contributed by atoms with Gasteiger partial charge >= 0.3 is 5.97 Å². The van der Waals surface area contributed by atoms with Gasteiger partial charge in [0.2, 0.25) is 0 Å². The first-order valence-corrected chi connectivity index (χ1v) is 7.77. The standard InChI is InChI=1S/C18H18N4O2/c1-3-22-18(19-20-21-22)16-10-15(13-7-5-4-6-8-13)9-14(12(16)2)11-17(23)24/h4-10H,3,11H2,1-2H3,(H,23,24). The number of carbonyl (C=O) groups is 1. The van der Waals surface area contributed by atoms with Crippen LogP contribution in [0.2, 0.25) is 0 Å². The van der Waals surface area contributed by atoms with Crippen molar-refractivity contribution in [2.24, 2.45) is 0 Å². The number of benzene rings is 2. The monoisotopic (exact) mass is 322 g/mol. The molecule has 0 saturated carbocycles. The number of aryl methyl sites for hydroxylation is 1. The Morgan fingerprint density at radius 2 is 1.92 bits per heavy atom. The predicted molar refractivity (Wildman–Crippen MR) is 90.4 cm³/mol. The molecule has 1 aromatic heterocycles. The molecular formula is C18H18N4O2. The van der Waals surface area contributed by atoms with E-state index in [-0.39, 0.29) is 6.42 Å². The Morgan fingerprint density at radius 3 is 2.58 bits per heavy atom. The molecule has 0 aliphatic rings. The van der Waals surface area contributed by atoms with Crippen molar-refractivity contribution in [1.82, 2.24) is 20.2 Å². The van der Waals surface area contributed by atoms with Gasteiger partial charge in [-0.3, -0.25) is 4.79 Å². The van der Waals surface area contributed by atoms with Crippen LogP contribution in [0.3, 0.4) is 0 Å². The summed E-state index contributed by atoms with van der Waals surface area (Å²) in [4.78, 5) is 11.2. The quantitative estimate of drug-likeness (QED) is 0.781. The molecule has 0 aliphatic heterocycles. The summed E-state index contributed by atoms with van der Waals surface area (Å²) in [5.41, 5.74) is 4.50. The zero-order valence-corrected chi connectivity index (χ0v) is 13.6. The number of aliphatic carboxylic acids is 1. The van der Waals surface area contributed by atoms with Crippen molar-refractivity contribution in [2.45, 2.75) is 26.8 Å². The van der Waals surface area contributed by atoms with Gasteiger partial charge in [-0.2, -0.15) is 0 Å². The molecular weight excluding hydrogens is 304 g/mol. The molecule has 0 atom stereocenters. The van der Waals surface area contributed by atoms with Crippen molar-refractivity contribution in [3.8, 4) is 22.5 Å². The SMILES string of the molecule is CCn1nnnc1-c1cc(-c2ccccc2)cc(CC(=O)O)c1C. The summed E-state index contributed by atoms with van der Waals surface area (Å²) in [6.07, 6.45) is -0.0345. The summed E-state index contributed by atoms with van der Waals surface area (Å²) in [6.45, 7) is 4.52. The molecule has 2 aromatic carbocycles. The molecule has 24 heavy (non-hydrogen) atoms. The smallest absolute Gasteiger partial charge is 0.307 e. The molecule has 0 spiro atoms. The van der Waals surface area contributed by atoms with Gasteiger partial charge in [0.1, 0.15) is 0 Å². The summed E-state index contributed by atoms with van der Waals surface area (Å²) in [7, 11) is 0. The number of nitrogens with zero attached hydrogens (tertiary/aromatic N) is 4. The Labute approximate surface area is 139 Å². The summed E-state index contributed by atoms with van der Waals surface area (Å²) in [5.74, 6) is -0.205. The fraction of sp³-hybridized carbons (Fsp3) is 0.222. The minimum atomic E-state index is -0.857. The lowest BCUT2D eigenvalue weighted by molar-refractivity contribution is -0.136. The van der Waals surface area contributed by atoms with Gasteiger partial charge in [0.25, 0.3) is 0 Å². The first kappa shape index (κ1) is 15.9. The van der Waals surface area contributed by atoms with Gasteiger partial charge in [0.05, 0.1) is 6.42 Å². The molecule has 3 rings (SSSR count). The Bertz CT molecular complexity index is 872. The van der Waals surface area contributed by atoms with Gasteiger partial charge in [-0.05, 0) is 52.6 Å². The summed E-state index contributed by atoms with van der Waals surface area (Å²) in [6, 6.07) is 13.8. The fourth-order valence-electron chi connectivity index (χ4n) is 2.76. The average Bonchev–Trinajstić information content (AvgIpc) is 3.05. The van der Waals surface area contributed by atoms with Crippen molar-refractivity contribution in [1.29, 1.82) is 0 Å². The number of hydrogen-bond acceptors (Lipinski definition) is 4. The van der Waals surface area contributed by atoms with Gasteiger partial charge in [0.15, 0.2) is 5.82 Å². The molecule has 6 nitrogen and oxygen atoms in total. The highest BCUT2D eigenvalue weighted by molar-refractivity contribution is 5.78. The maximum Gasteiger partial charge on any atom is 0.307 e. The van der Waals surface area contributed by atoms with Crippen LogP contribution in [0.1, 0.15) is 18.1 Å². The Hall–Kier alpha value is -3.02. The van der Waals surface area contributed by atoms with Crippen LogP contribution in [0, 0.1) is 6.92 Å². The zero-order chi connectivity index (χ0) is 17.1. The Kier molecular flexibility index (Phi) is 4.37. The normalized spacial score (nSPS) is 10.8. The van der Waals surface area contributed by atoms with Crippen molar-refractivity contribution >= 4 is 5.97 Å². The first-order chi connectivity index (χ1) is 11.6. The van der Waals surface area contributed by atoms with Crippen LogP contribution in [0.15, 0.2) is 42.5 Å². The lowest BCUT2D eigenvalue weighted by Crippen LogP contribution is -2.06. The topological polar surface area (TPSA) is 80.9 Å². The molecule has 0 unspecified atom stereocenters. The molecule has 0 saturated heterocycles. The molecule has 0 amide bonds. The number of tetrazole rings is 1. The van der Waals surface area contributed by atoms with Crippen LogP contribution in [-0.4, -0.2) is 31.3 Å². The van der Waals surface area contributed by atoms with E-state index in [0.717, 1.165) is 27.8 Å². The highest BCUT2D eigenvalue weighted by Gasteiger charge is 2.16. The van der Waals surface area contributed by atoms with Crippen LogP contribution in [0.25, 0.3) is 22.5 Å². The van der Waals surface area contributed by atoms with E-state index in [1.807, 2.05) is 56.3 Å². The lowest BCUT2D eigenvalue weighted by Gasteiger charge is -2.13. The van der Waals surface area contributed by atoms with E-state index in [1.54, 1.807) is 4.68 Å². The number of rotatable bonds is 5. The van der Waals surface area contributed by atoms with E-state index in [0.29, 0.717) is 12.4 Å². The van der Waals surface area contributed by atoms with Gasteiger partial charge in [0, 0.05) is 12.1 Å². The summed E-state index contributed by atoms with van der Waals surface area (Å²) in [5, 5.41) is 21.1. The van der Waals surface area contributed by atoms with Crippen molar-refractivity contribution in [3.63, 3.8) is 0 Å². The second kappa shape index (κ2) is 6.62. The van der Waals surface area contributed by atoms with E-state index in [4.69, 9.17) is 0 Å². The van der Waals surface area contributed by atoms with Crippen LogP contribution in [0.5, 0.6) is 0 Å². The van der Waals surface area contributed by atoms with Gasteiger partial charge < -0.3 is 5.11 Å². The maximum absolute atomic E-state index is 11.2. The molecule has 1 heterocycles. The summed E-state index contributed by atoms with van der Waals surface area (Å²) < 4.78 is 1.71. The van der Waals surface area contributed by atoms with Crippen LogP contribution >= 0.6 is 0 Å². The number of hydrogen-bond donors (Lipinski definition) is 1. The summed E-state index contributed by atoms with van der Waals surface area (Å²) >= 11 is 0. The van der Waals surface area contributed by atoms with Crippen LogP contribution in [-0.2, 0) is 17.8 Å². The highest BCUT2D eigenvalue weighted by atomic mass is 16.4. The second-order valence-electron chi connectivity index (χ2n) is 5.56. The van der Waals surface area contributed by atoms with Crippen LogP contribution in [0.4, 0.5) is 0 Å². The fourth-order valence-corrected chi connectivity index (χ4v) is 2.76. The maximum atomic E-state index is 11.2. The minimum Gasteiger partial charge on any atom is -0.481 e. The van der Waals surface area contributed by atoms with E-state index in [1.165, 1.54) is 0 Å². The molecule has 3 aromatic rings. The van der Waals surface area contributed by atoms with Crippen molar-refractivity contribution in [3.05, 3.63) is 53.6 Å². The molecule has 0 bridgehead atoms. The Balaban J connectivity index is 2.22. The molecule has 0 fully saturated rings. The average molecular weight is 322 g/mol. The van der Waals surface area contributed by atoms with E-state index < -0.39 is 5.97 Å². The first-order valence-electron chi connectivity index (χ1n) is 7.77. The van der Waals surface area contributed by atoms with E-state index in [2.05, 4.69) is 15.5 Å². The van der Waals surface area contributed by atoms with Gasteiger partial charge in [-0.25, -0.2) is 4.68 Å². The van der Waals surface area contributed by atoms with Gasteiger partial charge in [-0.15, -0.1) is 5.10 Å². The molecule has 0 aliphatic carbocycles. The molecule has 6 heteroatoms. The van der Waals surface area contributed by atoms with Gasteiger partial charge in [-0.1, -0.05) is 36.4 Å². The number of carboxylic acids is 1. The second-order valence-corrected chi connectivity index (χ2v) is 5.56. The zero-order valence-electron chi connectivity index (χ0n) is 13.6. The third-order valence-corrected chi connectivity index (χ3v) is 4.04. The van der Waals surface area contributed by atoms with Crippen LogP contribution < -0.4 is 0 Å². The predicted octanol–water partition coefficient (Wildman–Crippen LogP) is 2.96. The van der Waals surface area contributed by atoms with Crippen molar-refractivity contribution < 1.29 is 9.90 Å². The lowest BCUT2D eigenvalue weighted by atomic mass is 9.93. The third-order valence-electron chi connectivity index (χ3n) is 4.04. The van der Waals surface area contributed by atoms with Crippen molar-refractivity contribution in [2.75, 3.05) is 0 Å².